The minimum absolute atomic E-state index is 0.00945. The first-order valence-electron chi connectivity index (χ1n) is 5.52. The Hall–Kier alpha value is -2.08. The molecule has 0 aliphatic carbocycles. The first kappa shape index (κ1) is 13.4. The number of phenolic OH excluding ortho intramolecular Hbond substituents is 1. The van der Waals surface area contributed by atoms with Crippen molar-refractivity contribution in [1.29, 1.82) is 0 Å². The van der Waals surface area contributed by atoms with Gasteiger partial charge in [-0.05, 0) is 18.2 Å². The molecule has 98 valence electrons. The molecule has 0 heterocycles. The first-order chi connectivity index (χ1) is 9.08. The van der Waals surface area contributed by atoms with Crippen LogP contribution < -0.4 is 5.32 Å². The van der Waals surface area contributed by atoms with E-state index in [0.29, 0.717) is 22.3 Å². The van der Waals surface area contributed by atoms with E-state index >= 15 is 0 Å². The molecule has 0 spiro atoms. The van der Waals surface area contributed by atoms with E-state index in [4.69, 9.17) is 0 Å². The van der Waals surface area contributed by atoms with Crippen LogP contribution in [0.4, 0.5) is 11.4 Å². The second kappa shape index (κ2) is 5.71. The van der Waals surface area contributed by atoms with Gasteiger partial charge < -0.3 is 10.4 Å². The van der Waals surface area contributed by atoms with Crippen LogP contribution in [0.1, 0.15) is 5.56 Å². The molecule has 0 atom stereocenters. The number of nitro groups is 1. The number of phenols is 1. The van der Waals surface area contributed by atoms with E-state index in [-0.39, 0.29) is 11.4 Å². The fraction of sp³-hybridized carbons (Fsp3) is 0.0769. The number of para-hydroxylation sites is 1. The molecule has 0 aromatic heterocycles. The Morgan fingerprint density at radius 2 is 2.00 bits per heavy atom. The maximum Gasteiger partial charge on any atom is 0.293 e. The third kappa shape index (κ3) is 3.23. The number of hydrogen-bond acceptors (Lipinski definition) is 4. The highest BCUT2D eigenvalue weighted by atomic mass is 79.9. The predicted molar refractivity (Wildman–Crippen MR) is 76.2 cm³/mol. The van der Waals surface area contributed by atoms with E-state index in [1.54, 1.807) is 36.4 Å². The summed E-state index contributed by atoms with van der Waals surface area (Å²) in [6.45, 7) is 0.315. The van der Waals surface area contributed by atoms with E-state index in [2.05, 4.69) is 21.2 Å². The smallest absolute Gasteiger partial charge is 0.293 e. The van der Waals surface area contributed by atoms with Gasteiger partial charge in [-0.3, -0.25) is 10.1 Å². The Labute approximate surface area is 118 Å². The number of hydrogen-bond donors (Lipinski definition) is 2. The highest BCUT2D eigenvalue weighted by Gasteiger charge is 2.14. The van der Waals surface area contributed by atoms with Crippen LogP contribution in [0.5, 0.6) is 5.75 Å². The topological polar surface area (TPSA) is 75.4 Å². The van der Waals surface area contributed by atoms with Gasteiger partial charge >= 0.3 is 0 Å². The van der Waals surface area contributed by atoms with Gasteiger partial charge in [-0.2, -0.15) is 0 Å². The third-order valence-electron chi connectivity index (χ3n) is 2.62. The fourth-order valence-corrected chi connectivity index (χ4v) is 2.01. The largest absolute Gasteiger partial charge is 0.508 e. The van der Waals surface area contributed by atoms with Gasteiger partial charge in [-0.15, -0.1) is 0 Å². The van der Waals surface area contributed by atoms with Gasteiger partial charge in [-0.1, -0.05) is 34.1 Å². The predicted octanol–water partition coefficient (Wildman–Crippen LogP) is 3.68. The number of rotatable bonds is 4. The summed E-state index contributed by atoms with van der Waals surface area (Å²) in [5, 5.41) is 23.5. The molecule has 19 heavy (non-hydrogen) atoms. The van der Waals surface area contributed by atoms with Crippen molar-refractivity contribution >= 4 is 27.3 Å². The van der Waals surface area contributed by atoms with Crippen LogP contribution >= 0.6 is 15.9 Å². The third-order valence-corrected chi connectivity index (χ3v) is 3.11. The summed E-state index contributed by atoms with van der Waals surface area (Å²) in [5.41, 5.74) is 1.08. The van der Waals surface area contributed by atoms with Gasteiger partial charge in [0.05, 0.1) is 4.92 Å². The SMILES string of the molecule is O=[N+]([O-])c1cc(Br)ccc1NCc1ccccc1O. The molecule has 2 N–H and O–H groups in total. The van der Waals surface area contributed by atoms with Gasteiger partial charge in [0.2, 0.25) is 0 Å². The number of nitro benzene ring substituents is 1. The van der Waals surface area contributed by atoms with Crippen molar-refractivity contribution in [1.82, 2.24) is 0 Å². The Morgan fingerprint density at radius 1 is 1.26 bits per heavy atom. The van der Waals surface area contributed by atoms with Crippen LogP contribution in [0.15, 0.2) is 46.9 Å². The number of nitrogens with one attached hydrogen (secondary N) is 1. The molecule has 0 amide bonds. The highest BCUT2D eigenvalue weighted by molar-refractivity contribution is 9.10. The molecular weight excluding hydrogens is 312 g/mol. The van der Waals surface area contributed by atoms with E-state index in [0.717, 1.165) is 0 Å². The fourth-order valence-electron chi connectivity index (χ4n) is 1.66. The van der Waals surface area contributed by atoms with Gasteiger partial charge in [0.15, 0.2) is 0 Å². The minimum Gasteiger partial charge on any atom is -0.508 e. The van der Waals surface area contributed by atoms with Gasteiger partial charge in [0, 0.05) is 22.6 Å². The van der Waals surface area contributed by atoms with Crippen molar-refractivity contribution < 1.29 is 10.0 Å². The number of nitrogens with zero attached hydrogens (tertiary/aromatic N) is 1. The average molecular weight is 323 g/mol. The van der Waals surface area contributed by atoms with Crippen LogP contribution in [-0.4, -0.2) is 10.0 Å². The minimum atomic E-state index is -0.446. The van der Waals surface area contributed by atoms with E-state index in [9.17, 15) is 15.2 Å². The number of halogens is 1. The Kier molecular flexibility index (Phi) is 4.01. The number of benzene rings is 2. The number of aromatic hydroxyl groups is 1. The molecule has 0 fully saturated rings. The molecule has 2 aromatic rings. The summed E-state index contributed by atoms with van der Waals surface area (Å²) < 4.78 is 0.646. The maximum atomic E-state index is 10.9. The van der Waals surface area contributed by atoms with Gasteiger partial charge in [0.25, 0.3) is 5.69 Å². The molecule has 2 aromatic carbocycles. The lowest BCUT2D eigenvalue weighted by atomic mass is 10.2. The monoisotopic (exact) mass is 322 g/mol. The first-order valence-corrected chi connectivity index (χ1v) is 6.32. The zero-order valence-electron chi connectivity index (χ0n) is 9.84. The molecule has 0 radical (unpaired) electrons. The van der Waals surface area contributed by atoms with Crippen LogP contribution in [0.25, 0.3) is 0 Å². The maximum absolute atomic E-state index is 10.9. The van der Waals surface area contributed by atoms with Crippen molar-refractivity contribution in [2.75, 3.05) is 5.32 Å². The Morgan fingerprint density at radius 3 is 2.68 bits per heavy atom. The molecule has 0 unspecified atom stereocenters. The molecule has 2 rings (SSSR count). The summed E-state index contributed by atoms with van der Waals surface area (Å²) in [6, 6.07) is 11.6. The lowest BCUT2D eigenvalue weighted by Gasteiger charge is -2.08. The van der Waals surface area contributed by atoms with Crippen LogP contribution in [-0.2, 0) is 6.54 Å². The molecule has 0 aliphatic rings. The van der Waals surface area contributed by atoms with Crippen molar-refractivity contribution in [2.24, 2.45) is 0 Å². The Bertz CT molecular complexity index is 617. The van der Waals surface area contributed by atoms with E-state index in [1.165, 1.54) is 6.07 Å². The lowest BCUT2D eigenvalue weighted by Crippen LogP contribution is -2.02. The summed E-state index contributed by atoms with van der Waals surface area (Å²) >= 11 is 3.20. The van der Waals surface area contributed by atoms with E-state index < -0.39 is 4.92 Å². The molecular formula is C13H11BrN2O3. The van der Waals surface area contributed by atoms with Crippen LogP contribution in [0.3, 0.4) is 0 Å². The number of anilines is 1. The summed E-state index contributed by atoms with van der Waals surface area (Å²) in [6.07, 6.45) is 0. The molecule has 0 aliphatic heterocycles. The normalized spacial score (nSPS) is 10.2. The van der Waals surface area contributed by atoms with E-state index in [1.807, 2.05) is 0 Å². The van der Waals surface area contributed by atoms with Crippen molar-refractivity contribution in [2.45, 2.75) is 6.54 Å². The second-order valence-corrected chi connectivity index (χ2v) is 4.82. The van der Waals surface area contributed by atoms with Crippen molar-refractivity contribution in [3.05, 3.63) is 62.6 Å². The second-order valence-electron chi connectivity index (χ2n) is 3.90. The molecule has 5 nitrogen and oxygen atoms in total. The van der Waals surface area contributed by atoms with Gasteiger partial charge in [-0.25, -0.2) is 0 Å². The summed E-state index contributed by atoms with van der Waals surface area (Å²) in [4.78, 5) is 10.5. The summed E-state index contributed by atoms with van der Waals surface area (Å²) in [5.74, 6) is 0.162. The van der Waals surface area contributed by atoms with Crippen molar-refractivity contribution in [3.8, 4) is 5.75 Å². The molecule has 6 heteroatoms. The Balaban J connectivity index is 2.20. The van der Waals surface area contributed by atoms with Crippen LogP contribution in [0, 0.1) is 10.1 Å². The average Bonchev–Trinajstić information content (AvgIpc) is 2.38. The molecule has 0 saturated heterocycles. The summed E-state index contributed by atoms with van der Waals surface area (Å²) in [7, 11) is 0. The zero-order valence-corrected chi connectivity index (χ0v) is 11.4. The highest BCUT2D eigenvalue weighted by Crippen LogP contribution is 2.29. The van der Waals surface area contributed by atoms with Gasteiger partial charge in [0.1, 0.15) is 11.4 Å². The van der Waals surface area contributed by atoms with Crippen LogP contribution in [0.2, 0.25) is 0 Å². The molecule has 0 saturated carbocycles. The lowest BCUT2D eigenvalue weighted by molar-refractivity contribution is -0.384. The standard InChI is InChI=1S/C13H11BrN2O3/c14-10-5-6-11(12(7-10)16(18)19)15-8-9-3-1-2-4-13(9)17/h1-7,15,17H,8H2. The zero-order chi connectivity index (χ0) is 13.8. The molecule has 0 bridgehead atoms. The van der Waals surface area contributed by atoms with Crippen molar-refractivity contribution in [3.63, 3.8) is 0 Å². The quantitative estimate of drug-likeness (QED) is 0.665.